The van der Waals surface area contributed by atoms with Crippen LogP contribution < -0.4 is 5.32 Å². The number of rotatable bonds is 2. The first-order valence-electron chi connectivity index (χ1n) is 6.79. The van der Waals surface area contributed by atoms with E-state index in [1.54, 1.807) is 21.3 Å². The molecule has 1 saturated heterocycles. The van der Waals surface area contributed by atoms with Crippen LogP contribution in [0.15, 0.2) is 0 Å². The second-order valence-corrected chi connectivity index (χ2v) is 4.14. The van der Waals surface area contributed by atoms with Crippen LogP contribution >= 0.6 is 0 Å². The fraction of sp³-hybridized carbons (Fsp3) is 0.714. The Hall–Kier alpha value is -1.96. The first kappa shape index (κ1) is 25.0. The second kappa shape index (κ2) is 15.4. The summed E-state index contributed by atoms with van der Waals surface area (Å²) in [7, 11) is 7.75. The van der Waals surface area contributed by atoms with E-state index < -0.39 is 0 Å². The van der Waals surface area contributed by atoms with Crippen molar-refractivity contribution in [2.24, 2.45) is 0 Å². The topological polar surface area (TPSA) is 96.0 Å². The van der Waals surface area contributed by atoms with Crippen LogP contribution in [0, 0.1) is 0 Å². The van der Waals surface area contributed by atoms with Gasteiger partial charge in [-0.15, -0.1) is 0 Å². The van der Waals surface area contributed by atoms with E-state index in [2.05, 4.69) is 10.1 Å². The molecule has 1 aliphatic heterocycles. The summed E-state index contributed by atoms with van der Waals surface area (Å²) >= 11 is 0. The summed E-state index contributed by atoms with van der Waals surface area (Å²) in [4.78, 5) is 42.8. The van der Waals surface area contributed by atoms with Crippen molar-refractivity contribution >= 4 is 23.8 Å². The summed E-state index contributed by atoms with van der Waals surface area (Å²) in [5, 5.41) is 2.39. The molecule has 0 saturated carbocycles. The van der Waals surface area contributed by atoms with E-state index >= 15 is 0 Å². The predicted octanol–water partition coefficient (Wildman–Crippen LogP) is 1.49. The van der Waals surface area contributed by atoms with Gasteiger partial charge in [-0.25, -0.2) is 19.4 Å². The fourth-order valence-electron chi connectivity index (χ4n) is 0.819. The van der Waals surface area contributed by atoms with E-state index in [-0.39, 0.29) is 18.0 Å². The number of hydrogen-bond donors (Lipinski definition) is 1. The molecule has 22 heavy (non-hydrogen) atoms. The first-order chi connectivity index (χ1) is 10.1. The molecule has 1 aliphatic rings. The molecule has 1 N–H and O–H groups in total. The molecule has 0 atom stereocenters. The Balaban J connectivity index is -0.000000233. The van der Waals surface area contributed by atoms with Gasteiger partial charge in [-0.2, -0.15) is 0 Å². The molecule has 8 heteroatoms. The highest BCUT2D eigenvalue weighted by Crippen LogP contribution is 2.08. The highest BCUT2D eigenvalue weighted by molar-refractivity contribution is 6.11. The van der Waals surface area contributed by atoms with Crippen molar-refractivity contribution in [3.63, 3.8) is 0 Å². The van der Waals surface area contributed by atoms with Crippen molar-refractivity contribution in [1.29, 1.82) is 0 Å². The summed E-state index contributed by atoms with van der Waals surface area (Å²) in [6, 6.07) is -0.481. The van der Waals surface area contributed by atoms with Crippen molar-refractivity contribution in [1.82, 2.24) is 15.1 Å². The number of nitrogens with zero attached hydrogens (tertiary/aromatic N) is 2. The molecule has 8 nitrogen and oxygen atoms in total. The summed E-state index contributed by atoms with van der Waals surface area (Å²) in [5.74, 6) is 0.347. The lowest BCUT2D eigenvalue weighted by Crippen LogP contribution is -2.59. The van der Waals surface area contributed by atoms with Crippen LogP contribution in [0.2, 0.25) is 0 Å². The Morgan fingerprint density at radius 3 is 1.27 bits per heavy atom. The molecule has 0 aromatic rings. The van der Waals surface area contributed by atoms with Crippen LogP contribution in [0.1, 0.15) is 33.6 Å². The zero-order chi connectivity index (χ0) is 18.3. The molecule has 0 aliphatic carbocycles. The zero-order valence-electron chi connectivity index (χ0n) is 14.8. The predicted molar refractivity (Wildman–Crippen MR) is 84.6 cm³/mol. The SMILES string of the molecule is CCC(=O)CC.CN1C(=O)N(C)C1=O.CNC(C)=O.COC. The third-order valence-corrected chi connectivity index (χ3v) is 2.29. The van der Waals surface area contributed by atoms with E-state index in [0.29, 0.717) is 18.6 Å². The van der Waals surface area contributed by atoms with E-state index in [1.807, 2.05) is 13.8 Å². The number of ether oxygens (including phenoxy) is 1. The Bertz CT molecular complexity index is 322. The molecule has 0 unspecified atom stereocenters. The number of carbonyl (C=O) groups is 4. The second-order valence-electron chi connectivity index (χ2n) is 4.14. The van der Waals surface area contributed by atoms with Gasteiger partial charge in [0.15, 0.2) is 0 Å². The van der Waals surface area contributed by atoms with Gasteiger partial charge in [0, 0.05) is 55.1 Å². The van der Waals surface area contributed by atoms with E-state index in [9.17, 15) is 19.2 Å². The minimum atomic E-state index is -0.241. The molecular formula is C14H29N3O5. The largest absolute Gasteiger partial charge is 0.388 e. The number of Topliss-reactive ketones (excluding diaryl/α,β-unsaturated/α-hetero) is 1. The van der Waals surface area contributed by atoms with E-state index in [1.165, 1.54) is 21.0 Å². The van der Waals surface area contributed by atoms with Crippen LogP contribution in [0.5, 0.6) is 0 Å². The number of ketones is 1. The van der Waals surface area contributed by atoms with Crippen molar-refractivity contribution < 1.29 is 23.9 Å². The molecule has 0 radical (unpaired) electrons. The van der Waals surface area contributed by atoms with Gasteiger partial charge in [0.25, 0.3) is 0 Å². The van der Waals surface area contributed by atoms with Crippen molar-refractivity contribution in [2.45, 2.75) is 33.6 Å². The average molecular weight is 319 g/mol. The average Bonchev–Trinajstić information content (AvgIpc) is 2.53. The summed E-state index contributed by atoms with van der Waals surface area (Å²) in [6.07, 6.45) is 1.38. The number of carbonyl (C=O) groups excluding carboxylic acids is 4. The van der Waals surface area contributed by atoms with E-state index in [4.69, 9.17) is 0 Å². The number of methoxy groups -OCH3 is 1. The molecule has 5 amide bonds. The zero-order valence-corrected chi connectivity index (χ0v) is 14.8. The molecule has 1 heterocycles. The molecule has 1 rings (SSSR count). The molecule has 0 bridgehead atoms. The van der Waals surface area contributed by atoms with Gasteiger partial charge in [0.2, 0.25) is 5.91 Å². The van der Waals surface area contributed by atoms with Gasteiger partial charge < -0.3 is 10.1 Å². The quantitative estimate of drug-likeness (QED) is 0.832. The van der Waals surface area contributed by atoms with Gasteiger partial charge >= 0.3 is 12.1 Å². The monoisotopic (exact) mass is 319 g/mol. The van der Waals surface area contributed by atoms with Crippen molar-refractivity contribution in [2.75, 3.05) is 35.4 Å². The minimum Gasteiger partial charge on any atom is -0.388 e. The molecule has 0 aromatic heterocycles. The first-order valence-corrected chi connectivity index (χ1v) is 6.79. The van der Waals surface area contributed by atoms with Gasteiger partial charge in [0.1, 0.15) is 5.78 Å². The van der Waals surface area contributed by atoms with Crippen LogP contribution in [-0.2, 0) is 14.3 Å². The highest BCUT2D eigenvalue weighted by Gasteiger charge is 2.36. The Kier molecular flexibility index (Phi) is 17.5. The van der Waals surface area contributed by atoms with Crippen LogP contribution in [0.25, 0.3) is 0 Å². The van der Waals surface area contributed by atoms with Crippen LogP contribution in [0.3, 0.4) is 0 Å². The maximum Gasteiger partial charge on any atom is 0.335 e. The number of nitrogens with one attached hydrogen (secondary N) is 1. The van der Waals surface area contributed by atoms with Gasteiger partial charge in [-0.05, 0) is 0 Å². The van der Waals surface area contributed by atoms with Gasteiger partial charge in [-0.1, -0.05) is 13.8 Å². The van der Waals surface area contributed by atoms with Crippen LogP contribution in [0.4, 0.5) is 9.59 Å². The van der Waals surface area contributed by atoms with Gasteiger partial charge in [0.05, 0.1) is 0 Å². The smallest absolute Gasteiger partial charge is 0.335 e. The molecule has 0 spiro atoms. The summed E-state index contributed by atoms with van der Waals surface area (Å²) in [6.45, 7) is 5.23. The fourth-order valence-corrected chi connectivity index (χ4v) is 0.819. The number of hydrogen-bond acceptors (Lipinski definition) is 5. The van der Waals surface area contributed by atoms with Crippen molar-refractivity contribution in [3.8, 4) is 0 Å². The Labute approximate surface area is 132 Å². The standard InChI is InChI=1S/C5H10O.C4H6N2O2.C3H7NO.C2H6O/c1-3-5(6)4-2;1-5-3(7)6(2)4(5)8;1-3(5)4-2;1-3-2/h3-4H2,1-2H3;1-2H3;1-2H3,(H,4,5);1-2H3. The normalized spacial score (nSPS) is 11.6. The summed E-state index contributed by atoms with van der Waals surface area (Å²) in [5.41, 5.74) is 0. The minimum absolute atomic E-state index is 0.00463. The lowest BCUT2D eigenvalue weighted by Gasteiger charge is -2.32. The molecular weight excluding hydrogens is 290 g/mol. The lowest BCUT2D eigenvalue weighted by molar-refractivity contribution is -0.119. The highest BCUT2D eigenvalue weighted by atomic mass is 16.4. The lowest BCUT2D eigenvalue weighted by atomic mass is 10.3. The molecule has 0 aromatic carbocycles. The maximum absolute atomic E-state index is 10.4. The number of imide groups is 2. The number of urea groups is 2. The van der Waals surface area contributed by atoms with Crippen molar-refractivity contribution in [3.05, 3.63) is 0 Å². The van der Waals surface area contributed by atoms with Crippen LogP contribution in [-0.4, -0.2) is 68.9 Å². The molecule has 130 valence electrons. The van der Waals surface area contributed by atoms with E-state index in [0.717, 1.165) is 9.80 Å². The Morgan fingerprint density at radius 1 is 1.00 bits per heavy atom. The third-order valence-electron chi connectivity index (χ3n) is 2.29. The maximum atomic E-state index is 10.4. The number of amides is 5. The Morgan fingerprint density at radius 2 is 1.23 bits per heavy atom. The summed E-state index contributed by atoms with van der Waals surface area (Å²) < 4.78 is 4.25. The molecule has 1 fully saturated rings. The van der Waals surface area contributed by atoms with Gasteiger partial charge in [-0.3, -0.25) is 9.59 Å². The third kappa shape index (κ3) is 13.0.